The fraction of sp³-hybridized carbons (Fsp3) is 0.467. The summed E-state index contributed by atoms with van der Waals surface area (Å²) in [6.07, 6.45) is 8.88. The summed E-state index contributed by atoms with van der Waals surface area (Å²) in [5, 5.41) is 11.7. The van der Waals surface area contributed by atoms with Crippen LogP contribution in [0.4, 0.5) is 0 Å². The van der Waals surface area contributed by atoms with Crippen molar-refractivity contribution in [3.8, 4) is 11.8 Å². The molecule has 1 aromatic heterocycles. The zero-order valence-corrected chi connectivity index (χ0v) is 10.9. The molecular formula is C15H18N2O2. The van der Waals surface area contributed by atoms with Crippen LogP contribution in [0.3, 0.4) is 0 Å². The Morgan fingerprint density at radius 1 is 1.37 bits per heavy atom. The standard InChI is InChI=1S/C15H18N2O2/c18-8-4-5-12-9-13(11-16-10-12)15(19)17-14-6-2-1-3-7-14/h9-11,14,18H,1-3,6-8H2,(H,17,19). The van der Waals surface area contributed by atoms with Gasteiger partial charge in [-0.1, -0.05) is 31.1 Å². The first-order chi connectivity index (χ1) is 9.29. The number of nitrogens with one attached hydrogen (secondary N) is 1. The van der Waals surface area contributed by atoms with Gasteiger partial charge < -0.3 is 10.4 Å². The number of pyridine rings is 1. The summed E-state index contributed by atoms with van der Waals surface area (Å²) >= 11 is 0. The number of aliphatic hydroxyl groups excluding tert-OH is 1. The Morgan fingerprint density at radius 3 is 2.89 bits per heavy atom. The number of carbonyl (C=O) groups is 1. The Hall–Kier alpha value is -1.86. The Labute approximate surface area is 113 Å². The molecule has 1 aromatic rings. The number of carbonyl (C=O) groups excluding carboxylic acids is 1. The van der Waals surface area contributed by atoms with E-state index in [9.17, 15) is 4.79 Å². The molecule has 0 atom stereocenters. The third-order valence-electron chi connectivity index (χ3n) is 3.25. The van der Waals surface area contributed by atoms with Crippen molar-refractivity contribution in [2.45, 2.75) is 38.1 Å². The van der Waals surface area contributed by atoms with Crippen LogP contribution in [0, 0.1) is 11.8 Å². The summed E-state index contributed by atoms with van der Waals surface area (Å²) in [7, 11) is 0. The van der Waals surface area contributed by atoms with Crippen LogP contribution in [0.1, 0.15) is 48.0 Å². The lowest BCUT2D eigenvalue weighted by Gasteiger charge is -2.22. The van der Waals surface area contributed by atoms with Gasteiger partial charge >= 0.3 is 0 Å². The summed E-state index contributed by atoms with van der Waals surface area (Å²) in [5.41, 5.74) is 1.17. The highest BCUT2D eigenvalue weighted by Crippen LogP contribution is 2.17. The maximum Gasteiger partial charge on any atom is 0.253 e. The van der Waals surface area contributed by atoms with Gasteiger partial charge in [-0.3, -0.25) is 9.78 Å². The molecule has 1 amide bonds. The molecule has 1 aliphatic carbocycles. The van der Waals surface area contributed by atoms with Crippen molar-refractivity contribution in [1.82, 2.24) is 10.3 Å². The Kier molecular flexibility index (Phi) is 4.93. The predicted octanol–water partition coefficient (Wildman–Crippen LogP) is 1.49. The van der Waals surface area contributed by atoms with Crippen LogP contribution in [0.5, 0.6) is 0 Å². The van der Waals surface area contributed by atoms with Crippen LogP contribution in [0.2, 0.25) is 0 Å². The molecule has 0 unspecified atom stereocenters. The Bertz CT molecular complexity index is 496. The molecule has 2 rings (SSSR count). The maximum atomic E-state index is 12.1. The summed E-state index contributed by atoms with van der Waals surface area (Å²) in [4.78, 5) is 16.1. The van der Waals surface area contributed by atoms with E-state index in [1.54, 1.807) is 18.5 Å². The molecule has 1 aliphatic rings. The van der Waals surface area contributed by atoms with E-state index in [4.69, 9.17) is 5.11 Å². The van der Waals surface area contributed by atoms with Crippen LogP contribution in [-0.4, -0.2) is 28.6 Å². The van der Waals surface area contributed by atoms with Crippen molar-refractivity contribution in [3.05, 3.63) is 29.6 Å². The van der Waals surface area contributed by atoms with E-state index < -0.39 is 0 Å². The fourth-order valence-corrected chi connectivity index (χ4v) is 2.29. The van der Waals surface area contributed by atoms with E-state index in [0.717, 1.165) is 12.8 Å². The first kappa shape index (κ1) is 13.6. The monoisotopic (exact) mass is 258 g/mol. The molecule has 0 spiro atoms. The van der Waals surface area contributed by atoms with Gasteiger partial charge in [0, 0.05) is 24.0 Å². The molecule has 0 radical (unpaired) electrons. The molecule has 1 fully saturated rings. The van der Waals surface area contributed by atoms with E-state index in [1.165, 1.54) is 19.3 Å². The van der Waals surface area contributed by atoms with Gasteiger partial charge in [0.2, 0.25) is 0 Å². The number of rotatable bonds is 2. The van der Waals surface area contributed by atoms with Crippen LogP contribution >= 0.6 is 0 Å². The van der Waals surface area contributed by atoms with Crippen molar-refractivity contribution in [2.75, 3.05) is 6.61 Å². The number of hydrogen-bond donors (Lipinski definition) is 2. The molecule has 1 saturated carbocycles. The lowest BCUT2D eigenvalue weighted by Crippen LogP contribution is -2.36. The lowest BCUT2D eigenvalue weighted by atomic mass is 9.95. The average Bonchev–Trinajstić information content (AvgIpc) is 2.46. The van der Waals surface area contributed by atoms with Gasteiger partial charge in [-0.25, -0.2) is 0 Å². The van der Waals surface area contributed by atoms with Gasteiger partial charge in [0.05, 0.1) is 5.56 Å². The maximum absolute atomic E-state index is 12.1. The van der Waals surface area contributed by atoms with Crippen molar-refractivity contribution in [3.63, 3.8) is 0 Å². The number of aromatic nitrogens is 1. The van der Waals surface area contributed by atoms with Gasteiger partial charge in [-0.15, -0.1) is 0 Å². The SMILES string of the molecule is O=C(NC1CCCCC1)c1cncc(C#CCO)c1. The highest BCUT2D eigenvalue weighted by atomic mass is 16.2. The van der Waals surface area contributed by atoms with Gasteiger partial charge in [0.25, 0.3) is 5.91 Å². The Balaban J connectivity index is 2.01. The molecule has 4 nitrogen and oxygen atoms in total. The lowest BCUT2D eigenvalue weighted by molar-refractivity contribution is 0.0927. The van der Waals surface area contributed by atoms with E-state index in [2.05, 4.69) is 22.1 Å². The van der Waals surface area contributed by atoms with Crippen molar-refractivity contribution >= 4 is 5.91 Å². The molecule has 0 aliphatic heterocycles. The molecule has 4 heteroatoms. The third-order valence-corrected chi connectivity index (χ3v) is 3.25. The minimum Gasteiger partial charge on any atom is -0.384 e. The van der Waals surface area contributed by atoms with E-state index in [-0.39, 0.29) is 18.6 Å². The number of hydrogen-bond acceptors (Lipinski definition) is 3. The zero-order valence-electron chi connectivity index (χ0n) is 10.9. The number of nitrogens with zero attached hydrogens (tertiary/aromatic N) is 1. The van der Waals surface area contributed by atoms with Gasteiger partial charge in [0.15, 0.2) is 0 Å². The molecule has 100 valence electrons. The summed E-state index contributed by atoms with van der Waals surface area (Å²) in [5.74, 6) is 5.21. The average molecular weight is 258 g/mol. The normalized spacial score (nSPS) is 15.4. The zero-order chi connectivity index (χ0) is 13.5. The molecule has 19 heavy (non-hydrogen) atoms. The second kappa shape index (κ2) is 6.91. The summed E-state index contributed by atoms with van der Waals surface area (Å²) < 4.78 is 0. The van der Waals surface area contributed by atoms with Crippen LogP contribution < -0.4 is 5.32 Å². The highest BCUT2D eigenvalue weighted by molar-refractivity contribution is 5.94. The molecular weight excluding hydrogens is 240 g/mol. The van der Waals surface area contributed by atoms with Crippen molar-refractivity contribution in [2.24, 2.45) is 0 Å². The predicted molar refractivity (Wildman–Crippen MR) is 72.5 cm³/mol. The number of amides is 1. The minimum absolute atomic E-state index is 0.0907. The number of aliphatic hydroxyl groups is 1. The van der Waals surface area contributed by atoms with Crippen molar-refractivity contribution < 1.29 is 9.90 Å². The van der Waals surface area contributed by atoms with Crippen LogP contribution in [0.25, 0.3) is 0 Å². The van der Waals surface area contributed by atoms with Gasteiger partial charge in [-0.2, -0.15) is 0 Å². The van der Waals surface area contributed by atoms with Crippen molar-refractivity contribution in [1.29, 1.82) is 0 Å². The smallest absolute Gasteiger partial charge is 0.253 e. The van der Waals surface area contributed by atoms with Gasteiger partial charge in [0.1, 0.15) is 6.61 Å². The largest absolute Gasteiger partial charge is 0.384 e. The molecule has 0 bridgehead atoms. The van der Waals surface area contributed by atoms with E-state index >= 15 is 0 Å². The second-order valence-corrected chi connectivity index (χ2v) is 4.73. The quantitative estimate of drug-likeness (QED) is 0.790. The fourth-order valence-electron chi connectivity index (χ4n) is 2.29. The van der Waals surface area contributed by atoms with Gasteiger partial charge in [-0.05, 0) is 18.9 Å². The van der Waals surface area contributed by atoms with Crippen LogP contribution in [-0.2, 0) is 0 Å². The summed E-state index contributed by atoms with van der Waals surface area (Å²) in [6.45, 7) is -0.196. The summed E-state index contributed by atoms with van der Waals surface area (Å²) in [6, 6.07) is 1.99. The third kappa shape index (κ3) is 4.08. The Morgan fingerprint density at radius 2 is 2.16 bits per heavy atom. The first-order valence-electron chi connectivity index (χ1n) is 6.65. The topological polar surface area (TPSA) is 62.2 Å². The molecule has 1 heterocycles. The molecule has 0 aromatic carbocycles. The first-order valence-corrected chi connectivity index (χ1v) is 6.65. The highest BCUT2D eigenvalue weighted by Gasteiger charge is 2.16. The second-order valence-electron chi connectivity index (χ2n) is 4.73. The van der Waals surface area contributed by atoms with E-state index in [1.807, 2.05) is 0 Å². The van der Waals surface area contributed by atoms with E-state index in [0.29, 0.717) is 11.1 Å². The molecule has 0 saturated heterocycles. The van der Waals surface area contributed by atoms with Crippen LogP contribution in [0.15, 0.2) is 18.5 Å². The molecule has 2 N–H and O–H groups in total. The minimum atomic E-state index is -0.196.